The van der Waals surface area contributed by atoms with Crippen LogP contribution in [0, 0.1) is 5.92 Å². The number of hydrogen-bond donors (Lipinski definition) is 1. The number of halogens is 1. The van der Waals surface area contributed by atoms with Crippen molar-refractivity contribution in [3.8, 4) is 11.4 Å². The first-order chi connectivity index (χ1) is 15.1. The van der Waals surface area contributed by atoms with Gasteiger partial charge in [0.1, 0.15) is 0 Å². The molecule has 1 aromatic heterocycles. The largest absolute Gasteiger partial charge is 0.349 e. The molecule has 0 aliphatic carbocycles. The maximum Gasteiger partial charge on any atom is 0.241 e. The van der Waals surface area contributed by atoms with Crippen molar-refractivity contribution in [3.05, 3.63) is 70.5 Å². The molecule has 0 saturated carbocycles. The number of piperidine rings is 1. The van der Waals surface area contributed by atoms with Crippen LogP contribution in [0.2, 0.25) is 0 Å². The topological polar surface area (TPSA) is 71.3 Å². The minimum atomic E-state index is 0.0499. The summed E-state index contributed by atoms with van der Waals surface area (Å²) in [6.07, 6.45) is 2.56. The predicted molar refractivity (Wildman–Crippen MR) is 123 cm³/mol. The van der Waals surface area contributed by atoms with Crippen molar-refractivity contribution >= 4 is 21.8 Å². The predicted octanol–water partition coefficient (Wildman–Crippen LogP) is 4.98. The molecule has 1 atom stereocenters. The van der Waals surface area contributed by atoms with E-state index < -0.39 is 0 Å². The Balaban J connectivity index is 1.28. The van der Waals surface area contributed by atoms with Crippen LogP contribution in [0.15, 0.2) is 63.6 Å². The fourth-order valence-electron chi connectivity index (χ4n) is 4.00. The van der Waals surface area contributed by atoms with E-state index in [1.54, 1.807) is 0 Å². The van der Waals surface area contributed by atoms with Gasteiger partial charge in [0, 0.05) is 16.0 Å². The van der Waals surface area contributed by atoms with Crippen LogP contribution < -0.4 is 5.32 Å². The Kier molecular flexibility index (Phi) is 7.14. The summed E-state index contributed by atoms with van der Waals surface area (Å²) < 4.78 is 6.44. The van der Waals surface area contributed by atoms with Gasteiger partial charge in [0.25, 0.3) is 0 Å². The second-order valence-corrected chi connectivity index (χ2v) is 8.87. The van der Waals surface area contributed by atoms with Gasteiger partial charge in [-0.05, 0) is 50.0 Å². The molecule has 1 N–H and O–H groups in total. The van der Waals surface area contributed by atoms with E-state index in [1.807, 2.05) is 42.5 Å². The third kappa shape index (κ3) is 5.60. The van der Waals surface area contributed by atoms with Gasteiger partial charge in [-0.3, -0.25) is 9.69 Å². The normalized spacial score (nSPS) is 16.2. The molecule has 162 valence electrons. The van der Waals surface area contributed by atoms with E-state index in [1.165, 1.54) is 0 Å². The number of nitrogens with one attached hydrogen (secondary N) is 1. The van der Waals surface area contributed by atoms with Crippen molar-refractivity contribution in [1.82, 2.24) is 20.4 Å². The van der Waals surface area contributed by atoms with Crippen LogP contribution in [0.1, 0.15) is 43.7 Å². The fraction of sp³-hybridized carbons (Fsp3) is 0.375. The van der Waals surface area contributed by atoms with Crippen molar-refractivity contribution < 1.29 is 9.32 Å². The van der Waals surface area contributed by atoms with Crippen molar-refractivity contribution in [2.45, 2.75) is 38.8 Å². The van der Waals surface area contributed by atoms with Crippen molar-refractivity contribution in [2.24, 2.45) is 5.92 Å². The summed E-state index contributed by atoms with van der Waals surface area (Å²) in [7, 11) is 0. The average molecular weight is 483 g/mol. The van der Waals surface area contributed by atoms with Gasteiger partial charge in [-0.15, -0.1) is 0 Å². The lowest BCUT2D eigenvalue weighted by molar-refractivity contribution is -0.127. The molecule has 6 nitrogen and oxygen atoms in total. The summed E-state index contributed by atoms with van der Waals surface area (Å²) in [6.45, 7) is 4.40. The van der Waals surface area contributed by atoms with Crippen LogP contribution in [0.25, 0.3) is 11.4 Å². The zero-order chi connectivity index (χ0) is 21.6. The van der Waals surface area contributed by atoms with E-state index in [9.17, 15) is 4.79 Å². The smallest absolute Gasteiger partial charge is 0.241 e. The van der Waals surface area contributed by atoms with Crippen molar-refractivity contribution in [3.63, 3.8) is 0 Å². The Morgan fingerprint density at radius 2 is 1.97 bits per heavy atom. The molecule has 0 radical (unpaired) electrons. The van der Waals surface area contributed by atoms with Crippen LogP contribution in [0.4, 0.5) is 0 Å². The molecule has 1 aliphatic rings. The van der Waals surface area contributed by atoms with Gasteiger partial charge >= 0.3 is 0 Å². The van der Waals surface area contributed by atoms with Gasteiger partial charge in [-0.1, -0.05) is 70.5 Å². The molecule has 3 aromatic rings. The molecule has 4 rings (SSSR count). The van der Waals surface area contributed by atoms with Crippen LogP contribution >= 0.6 is 15.9 Å². The summed E-state index contributed by atoms with van der Waals surface area (Å²) in [5.74, 6) is 1.41. The number of amides is 1. The van der Waals surface area contributed by atoms with E-state index in [0.29, 0.717) is 18.3 Å². The Labute approximate surface area is 191 Å². The molecule has 1 fully saturated rings. The van der Waals surface area contributed by atoms with E-state index in [-0.39, 0.29) is 17.9 Å². The summed E-state index contributed by atoms with van der Waals surface area (Å²) in [4.78, 5) is 19.6. The van der Waals surface area contributed by atoms with Crippen molar-refractivity contribution in [2.75, 3.05) is 13.1 Å². The maximum absolute atomic E-state index is 12.8. The first kappa shape index (κ1) is 21.7. The van der Waals surface area contributed by atoms with Gasteiger partial charge in [-0.2, -0.15) is 4.98 Å². The van der Waals surface area contributed by atoms with E-state index in [2.05, 4.69) is 55.3 Å². The molecule has 2 heterocycles. The Hall–Kier alpha value is -2.51. The monoisotopic (exact) mass is 482 g/mol. The number of carbonyl (C=O) groups is 1. The Morgan fingerprint density at radius 3 is 2.68 bits per heavy atom. The number of aromatic nitrogens is 2. The second-order valence-electron chi connectivity index (χ2n) is 7.95. The van der Waals surface area contributed by atoms with Gasteiger partial charge < -0.3 is 9.84 Å². The van der Waals surface area contributed by atoms with Crippen LogP contribution in [-0.4, -0.2) is 34.0 Å². The minimum Gasteiger partial charge on any atom is -0.349 e. The fourth-order valence-corrected chi connectivity index (χ4v) is 4.40. The minimum absolute atomic E-state index is 0.0499. The summed E-state index contributed by atoms with van der Waals surface area (Å²) in [5.41, 5.74) is 2.08. The quantitative estimate of drug-likeness (QED) is 0.514. The zero-order valence-electron chi connectivity index (χ0n) is 17.6. The van der Waals surface area contributed by atoms with Gasteiger partial charge in [-0.25, -0.2) is 0 Å². The number of hydrogen-bond acceptors (Lipinski definition) is 5. The van der Waals surface area contributed by atoms with Crippen LogP contribution in [0.3, 0.4) is 0 Å². The third-order valence-electron chi connectivity index (χ3n) is 5.79. The van der Waals surface area contributed by atoms with E-state index in [4.69, 9.17) is 4.52 Å². The molecule has 31 heavy (non-hydrogen) atoms. The molecule has 0 spiro atoms. The van der Waals surface area contributed by atoms with Gasteiger partial charge in [0.2, 0.25) is 17.6 Å². The number of rotatable bonds is 7. The SMILES string of the molecule is CCC(NC(=O)C1CCN(Cc2nc(-c3cccc(Br)c3)no2)CC1)c1ccccc1. The lowest BCUT2D eigenvalue weighted by atomic mass is 9.94. The zero-order valence-corrected chi connectivity index (χ0v) is 19.2. The molecule has 2 aromatic carbocycles. The number of likely N-dealkylation sites (tertiary alicyclic amines) is 1. The first-order valence-electron chi connectivity index (χ1n) is 10.8. The number of benzene rings is 2. The molecular formula is C24H27BrN4O2. The third-order valence-corrected chi connectivity index (χ3v) is 6.29. The lowest BCUT2D eigenvalue weighted by Gasteiger charge is -2.31. The number of carbonyl (C=O) groups excluding carboxylic acids is 1. The highest BCUT2D eigenvalue weighted by atomic mass is 79.9. The Bertz CT molecular complexity index is 1000. The molecule has 1 unspecified atom stereocenters. The van der Waals surface area contributed by atoms with Gasteiger partial charge in [0.15, 0.2) is 0 Å². The first-order valence-corrected chi connectivity index (χ1v) is 11.6. The lowest BCUT2D eigenvalue weighted by Crippen LogP contribution is -2.41. The van der Waals surface area contributed by atoms with Crippen LogP contribution in [0.5, 0.6) is 0 Å². The highest BCUT2D eigenvalue weighted by Crippen LogP contribution is 2.24. The van der Waals surface area contributed by atoms with Crippen LogP contribution in [-0.2, 0) is 11.3 Å². The highest BCUT2D eigenvalue weighted by Gasteiger charge is 2.27. The molecule has 1 aliphatic heterocycles. The summed E-state index contributed by atoms with van der Waals surface area (Å²) in [6, 6.07) is 18.1. The standard InChI is InChI=1S/C24H27BrN4O2/c1-2-21(17-7-4-3-5-8-17)26-24(30)18-11-13-29(14-12-18)16-22-27-23(28-31-22)19-9-6-10-20(25)15-19/h3-10,15,18,21H,2,11-14,16H2,1H3,(H,26,30). The van der Waals surface area contributed by atoms with E-state index in [0.717, 1.165) is 48.0 Å². The number of nitrogens with zero attached hydrogens (tertiary/aromatic N) is 3. The second kappa shape index (κ2) is 10.2. The summed E-state index contributed by atoms with van der Waals surface area (Å²) >= 11 is 3.47. The molecular weight excluding hydrogens is 456 g/mol. The molecule has 0 bridgehead atoms. The summed E-state index contributed by atoms with van der Waals surface area (Å²) in [5, 5.41) is 7.35. The average Bonchev–Trinajstić information content (AvgIpc) is 3.27. The van der Waals surface area contributed by atoms with Gasteiger partial charge in [0.05, 0.1) is 12.6 Å². The Morgan fingerprint density at radius 1 is 1.19 bits per heavy atom. The maximum atomic E-state index is 12.8. The molecule has 7 heteroatoms. The molecule has 1 saturated heterocycles. The molecule has 1 amide bonds. The van der Waals surface area contributed by atoms with E-state index >= 15 is 0 Å². The highest BCUT2D eigenvalue weighted by molar-refractivity contribution is 9.10. The van der Waals surface area contributed by atoms with Crippen molar-refractivity contribution in [1.29, 1.82) is 0 Å².